The molecule has 0 radical (unpaired) electrons. The number of fused-ring (bicyclic) bond motifs is 7. The van der Waals surface area contributed by atoms with E-state index in [9.17, 15) is 0 Å². The van der Waals surface area contributed by atoms with Crippen LogP contribution in [0, 0.1) is 0 Å². The first-order chi connectivity index (χ1) is 24.3. The number of rotatable bonds is 5. The van der Waals surface area contributed by atoms with Crippen LogP contribution in [0.25, 0.3) is 71.3 Å². The van der Waals surface area contributed by atoms with Gasteiger partial charge in [0.05, 0.1) is 11.0 Å². The van der Waals surface area contributed by atoms with Crippen LogP contribution in [-0.4, -0.2) is 4.57 Å². The van der Waals surface area contributed by atoms with E-state index >= 15 is 0 Å². The molecule has 0 fully saturated rings. The zero-order valence-electron chi connectivity index (χ0n) is 26.6. The molecule has 3 nitrogen and oxygen atoms in total. The van der Waals surface area contributed by atoms with Crippen molar-refractivity contribution in [3.05, 3.63) is 182 Å². The molecule has 0 amide bonds. The zero-order valence-corrected chi connectivity index (χ0v) is 26.6. The fraction of sp³-hybridized carbons (Fsp3) is 0. The number of para-hydroxylation sites is 4. The van der Waals surface area contributed by atoms with E-state index in [1.807, 2.05) is 12.1 Å². The molecule has 2 heterocycles. The number of anilines is 3. The lowest BCUT2D eigenvalue weighted by molar-refractivity contribution is 0.669. The number of hydrogen-bond acceptors (Lipinski definition) is 2. The molecule has 3 heteroatoms. The number of furan rings is 1. The maximum atomic E-state index is 6.20. The molecule has 10 aromatic rings. The molecule has 0 unspecified atom stereocenters. The quantitative estimate of drug-likeness (QED) is 0.190. The highest BCUT2D eigenvalue weighted by Gasteiger charge is 2.17. The van der Waals surface area contributed by atoms with Gasteiger partial charge in [0, 0.05) is 44.3 Å². The summed E-state index contributed by atoms with van der Waals surface area (Å²) in [5.74, 6) is 0. The van der Waals surface area contributed by atoms with E-state index in [1.54, 1.807) is 0 Å². The molecule has 0 N–H and O–H groups in total. The van der Waals surface area contributed by atoms with Crippen molar-refractivity contribution in [1.29, 1.82) is 0 Å². The van der Waals surface area contributed by atoms with Gasteiger partial charge in [-0.2, -0.15) is 0 Å². The third-order valence-corrected chi connectivity index (χ3v) is 9.74. The first-order valence-electron chi connectivity index (χ1n) is 16.7. The number of hydrogen-bond donors (Lipinski definition) is 0. The summed E-state index contributed by atoms with van der Waals surface area (Å²) in [5, 5.41) is 7.17. The Hall–Kier alpha value is -6.58. The Morgan fingerprint density at radius 1 is 0.367 bits per heavy atom. The van der Waals surface area contributed by atoms with Gasteiger partial charge >= 0.3 is 0 Å². The highest BCUT2D eigenvalue weighted by atomic mass is 16.3. The first kappa shape index (κ1) is 27.5. The Morgan fingerprint density at radius 2 is 1.02 bits per heavy atom. The summed E-state index contributed by atoms with van der Waals surface area (Å²) in [6.45, 7) is 0. The fourth-order valence-corrected chi connectivity index (χ4v) is 7.43. The van der Waals surface area contributed by atoms with Gasteiger partial charge in [-0.15, -0.1) is 0 Å². The molecule has 0 spiro atoms. The van der Waals surface area contributed by atoms with Crippen LogP contribution in [0.2, 0.25) is 0 Å². The molecule has 2 aromatic heterocycles. The fourth-order valence-electron chi connectivity index (χ4n) is 7.43. The van der Waals surface area contributed by atoms with Gasteiger partial charge in [0.2, 0.25) is 0 Å². The van der Waals surface area contributed by atoms with Crippen molar-refractivity contribution in [3.63, 3.8) is 0 Å². The summed E-state index contributed by atoms with van der Waals surface area (Å²) in [6.07, 6.45) is 0. The van der Waals surface area contributed by atoms with E-state index in [0.717, 1.165) is 44.7 Å². The second-order valence-corrected chi connectivity index (χ2v) is 12.6. The smallest absolute Gasteiger partial charge is 0.136 e. The molecule has 0 aliphatic heterocycles. The van der Waals surface area contributed by atoms with Crippen LogP contribution in [0.4, 0.5) is 17.1 Å². The molecular formula is C46H30N2O. The first-order valence-corrected chi connectivity index (χ1v) is 16.7. The van der Waals surface area contributed by atoms with E-state index < -0.39 is 0 Å². The standard InChI is InChI=1S/C46H30N2O/c1-3-11-35(12-4-1)47(38-25-26-40-39-15-7-9-17-43(39)48(44(40)30-38)36-13-5-2-6-14-36)37-23-21-31(22-24-37)32-19-20-33-28-42-41-16-8-10-18-45(41)49-46(42)29-34(33)27-32/h1-30H. The summed E-state index contributed by atoms with van der Waals surface area (Å²) in [5.41, 5.74) is 11.0. The molecule has 0 aliphatic rings. The van der Waals surface area contributed by atoms with Crippen molar-refractivity contribution < 1.29 is 4.42 Å². The topological polar surface area (TPSA) is 21.3 Å². The summed E-state index contributed by atoms with van der Waals surface area (Å²) in [6, 6.07) is 65.0. The maximum Gasteiger partial charge on any atom is 0.136 e. The van der Waals surface area contributed by atoms with Crippen molar-refractivity contribution in [1.82, 2.24) is 4.57 Å². The average molecular weight is 627 g/mol. The van der Waals surface area contributed by atoms with Gasteiger partial charge < -0.3 is 13.9 Å². The molecule has 230 valence electrons. The van der Waals surface area contributed by atoms with E-state index in [4.69, 9.17) is 4.42 Å². The Labute approximate surface area is 283 Å². The third kappa shape index (κ3) is 4.51. The van der Waals surface area contributed by atoms with Crippen molar-refractivity contribution in [2.24, 2.45) is 0 Å². The van der Waals surface area contributed by atoms with Crippen molar-refractivity contribution in [3.8, 4) is 16.8 Å². The minimum Gasteiger partial charge on any atom is -0.456 e. The number of nitrogens with zero attached hydrogens (tertiary/aromatic N) is 2. The molecule has 0 saturated heterocycles. The lowest BCUT2D eigenvalue weighted by Gasteiger charge is -2.26. The van der Waals surface area contributed by atoms with Gasteiger partial charge in [0.1, 0.15) is 11.2 Å². The Kier molecular flexibility index (Phi) is 6.18. The van der Waals surface area contributed by atoms with Crippen LogP contribution in [-0.2, 0) is 0 Å². The summed E-state index contributed by atoms with van der Waals surface area (Å²) < 4.78 is 8.58. The highest BCUT2D eigenvalue weighted by Crippen LogP contribution is 2.40. The van der Waals surface area contributed by atoms with E-state index in [2.05, 4.69) is 179 Å². The average Bonchev–Trinajstić information content (AvgIpc) is 3.69. The molecule has 0 aliphatic carbocycles. The van der Waals surface area contributed by atoms with Gasteiger partial charge in [0.15, 0.2) is 0 Å². The zero-order chi connectivity index (χ0) is 32.3. The Morgan fingerprint density at radius 3 is 1.86 bits per heavy atom. The molecule has 0 bridgehead atoms. The van der Waals surface area contributed by atoms with Crippen LogP contribution in [0.5, 0.6) is 0 Å². The normalized spacial score (nSPS) is 11.7. The van der Waals surface area contributed by atoms with Gasteiger partial charge in [-0.3, -0.25) is 0 Å². The van der Waals surface area contributed by atoms with Crippen LogP contribution >= 0.6 is 0 Å². The van der Waals surface area contributed by atoms with E-state index in [0.29, 0.717) is 0 Å². The number of aromatic nitrogens is 1. The van der Waals surface area contributed by atoms with E-state index in [1.165, 1.54) is 43.7 Å². The minimum atomic E-state index is 0.919. The van der Waals surface area contributed by atoms with Crippen LogP contribution in [0.1, 0.15) is 0 Å². The summed E-state index contributed by atoms with van der Waals surface area (Å²) in [7, 11) is 0. The van der Waals surface area contributed by atoms with E-state index in [-0.39, 0.29) is 0 Å². The largest absolute Gasteiger partial charge is 0.456 e. The number of benzene rings is 8. The van der Waals surface area contributed by atoms with Gasteiger partial charge in [0.25, 0.3) is 0 Å². The van der Waals surface area contributed by atoms with Gasteiger partial charge in [-0.1, -0.05) is 103 Å². The highest BCUT2D eigenvalue weighted by molar-refractivity contribution is 6.11. The lowest BCUT2D eigenvalue weighted by Crippen LogP contribution is -2.10. The SMILES string of the molecule is c1ccc(N(c2ccc(-c3ccc4cc5c(cc4c3)oc3ccccc35)cc2)c2ccc3c4ccccc4n(-c4ccccc4)c3c2)cc1. The van der Waals surface area contributed by atoms with Crippen LogP contribution < -0.4 is 4.90 Å². The Bertz CT molecular complexity index is 2810. The second-order valence-electron chi connectivity index (χ2n) is 12.6. The predicted molar refractivity (Wildman–Crippen MR) is 206 cm³/mol. The molecule has 49 heavy (non-hydrogen) atoms. The summed E-state index contributed by atoms with van der Waals surface area (Å²) >= 11 is 0. The molecule has 8 aromatic carbocycles. The molecule has 10 rings (SSSR count). The summed E-state index contributed by atoms with van der Waals surface area (Å²) in [4.78, 5) is 2.34. The lowest BCUT2D eigenvalue weighted by atomic mass is 9.99. The van der Waals surface area contributed by atoms with Crippen molar-refractivity contribution in [2.45, 2.75) is 0 Å². The predicted octanol–water partition coefficient (Wildman–Crippen LogP) is 13.0. The molecule has 0 atom stereocenters. The molecular weight excluding hydrogens is 597 g/mol. The second kappa shape index (κ2) is 11.0. The molecule has 0 saturated carbocycles. The van der Waals surface area contributed by atoms with Crippen molar-refractivity contribution >= 4 is 71.6 Å². The Balaban J connectivity index is 1.08. The van der Waals surface area contributed by atoms with Crippen molar-refractivity contribution in [2.75, 3.05) is 4.90 Å². The van der Waals surface area contributed by atoms with Crippen LogP contribution in [0.15, 0.2) is 186 Å². The third-order valence-electron chi connectivity index (χ3n) is 9.74. The monoisotopic (exact) mass is 626 g/mol. The maximum absolute atomic E-state index is 6.20. The van der Waals surface area contributed by atoms with Gasteiger partial charge in [-0.05, 0) is 101 Å². The van der Waals surface area contributed by atoms with Crippen LogP contribution in [0.3, 0.4) is 0 Å². The van der Waals surface area contributed by atoms with Gasteiger partial charge in [-0.25, -0.2) is 0 Å². The minimum absolute atomic E-state index is 0.919.